The summed E-state index contributed by atoms with van der Waals surface area (Å²) in [6.07, 6.45) is 2.03. The Morgan fingerprint density at radius 3 is 2.50 bits per heavy atom. The molecule has 1 aliphatic rings. The van der Waals surface area contributed by atoms with Gasteiger partial charge in [-0.1, -0.05) is 38.4 Å². The van der Waals surface area contributed by atoms with Gasteiger partial charge in [0.25, 0.3) is 0 Å². The first-order valence-corrected chi connectivity index (χ1v) is 8.83. The van der Waals surface area contributed by atoms with Crippen LogP contribution in [0.5, 0.6) is 0 Å². The Labute approximate surface area is 148 Å². The van der Waals surface area contributed by atoms with E-state index in [1.165, 1.54) is 11.1 Å². The van der Waals surface area contributed by atoms with Gasteiger partial charge in [0.2, 0.25) is 5.91 Å². The van der Waals surface area contributed by atoms with Gasteiger partial charge in [0.15, 0.2) is 0 Å². The van der Waals surface area contributed by atoms with Crippen molar-refractivity contribution < 1.29 is 14.7 Å². The number of rotatable bonds is 6. The quantitative estimate of drug-likeness (QED) is 0.845. The average Bonchev–Trinajstić information content (AvgIpc) is 2.43. The van der Waals surface area contributed by atoms with Crippen LogP contribution in [-0.4, -0.2) is 35.0 Å². The van der Waals surface area contributed by atoms with Gasteiger partial charge in [0, 0.05) is 24.5 Å². The van der Waals surface area contributed by atoms with Crippen molar-refractivity contribution in [1.82, 2.24) is 4.90 Å². The number of carboxylic acids is 1. The number of benzene rings is 1. The molecule has 0 aromatic heterocycles. The van der Waals surface area contributed by atoms with Crippen molar-refractivity contribution in [3.8, 4) is 0 Å². The van der Waals surface area contributed by atoms with E-state index in [9.17, 15) is 9.59 Å². The van der Waals surface area contributed by atoms with E-state index in [0.717, 1.165) is 31.0 Å². The summed E-state index contributed by atoms with van der Waals surface area (Å²) >= 11 is 6.14. The minimum atomic E-state index is -0.919. The van der Waals surface area contributed by atoms with Gasteiger partial charge in [0.1, 0.15) is 0 Å². The number of likely N-dealkylation sites (tertiary alicyclic amines) is 1. The van der Waals surface area contributed by atoms with Crippen LogP contribution >= 0.6 is 11.6 Å². The lowest BCUT2D eigenvalue weighted by atomic mass is 9.81. The fourth-order valence-corrected chi connectivity index (χ4v) is 3.32. The standard InChI is InChI=1S/C19H26ClNO3/c1-19(2,3)16-10-15(20)7-6-14(16)5-4-13-11-21(12-13)17(22)8-9-18(23)24/h6-7,10,13H,4-5,8-9,11-12H2,1-3H3,(H,23,24). The third kappa shape index (κ3) is 4.97. The van der Waals surface area contributed by atoms with Crippen molar-refractivity contribution in [3.05, 3.63) is 34.3 Å². The van der Waals surface area contributed by atoms with Crippen LogP contribution in [0.4, 0.5) is 0 Å². The molecule has 0 aliphatic carbocycles. The molecule has 1 aromatic rings. The van der Waals surface area contributed by atoms with Crippen molar-refractivity contribution in [2.75, 3.05) is 13.1 Å². The second-order valence-corrected chi connectivity index (χ2v) is 8.09. The number of carbonyl (C=O) groups is 2. The molecule has 1 amide bonds. The van der Waals surface area contributed by atoms with E-state index in [2.05, 4.69) is 32.9 Å². The zero-order valence-corrected chi connectivity index (χ0v) is 15.4. The average molecular weight is 352 g/mol. The monoisotopic (exact) mass is 351 g/mol. The summed E-state index contributed by atoms with van der Waals surface area (Å²) in [5.41, 5.74) is 2.66. The normalized spacial score (nSPS) is 15.2. The van der Waals surface area contributed by atoms with Gasteiger partial charge < -0.3 is 10.0 Å². The zero-order valence-electron chi connectivity index (χ0n) is 14.6. The third-order valence-electron chi connectivity index (χ3n) is 4.56. The molecule has 132 valence electrons. The molecule has 1 fully saturated rings. The molecule has 1 heterocycles. The van der Waals surface area contributed by atoms with E-state index < -0.39 is 5.97 Å². The number of halogens is 1. The van der Waals surface area contributed by atoms with E-state index in [1.807, 2.05) is 6.07 Å². The summed E-state index contributed by atoms with van der Waals surface area (Å²) in [5, 5.41) is 9.39. The van der Waals surface area contributed by atoms with Crippen LogP contribution in [0.25, 0.3) is 0 Å². The lowest BCUT2D eigenvalue weighted by Gasteiger charge is -2.39. The number of aliphatic carboxylic acids is 1. The van der Waals surface area contributed by atoms with Gasteiger partial charge in [-0.2, -0.15) is 0 Å². The van der Waals surface area contributed by atoms with Crippen LogP contribution in [0, 0.1) is 5.92 Å². The van der Waals surface area contributed by atoms with Gasteiger partial charge in [0.05, 0.1) is 6.42 Å². The Hall–Kier alpha value is -1.55. The second-order valence-electron chi connectivity index (χ2n) is 7.65. The van der Waals surface area contributed by atoms with E-state index >= 15 is 0 Å². The maximum atomic E-state index is 11.8. The number of aryl methyl sites for hydroxylation is 1. The maximum absolute atomic E-state index is 11.8. The van der Waals surface area contributed by atoms with Crippen molar-refractivity contribution in [2.24, 2.45) is 5.92 Å². The molecule has 0 spiro atoms. The van der Waals surface area contributed by atoms with Gasteiger partial charge in [-0.05, 0) is 47.4 Å². The van der Waals surface area contributed by atoms with Crippen molar-refractivity contribution in [1.29, 1.82) is 0 Å². The van der Waals surface area contributed by atoms with Gasteiger partial charge in [-0.25, -0.2) is 0 Å². The van der Waals surface area contributed by atoms with Crippen LogP contribution in [0.3, 0.4) is 0 Å². The van der Waals surface area contributed by atoms with Crippen molar-refractivity contribution >= 4 is 23.5 Å². The number of amides is 1. The van der Waals surface area contributed by atoms with Crippen molar-refractivity contribution in [2.45, 2.75) is 51.9 Å². The fraction of sp³-hybridized carbons (Fsp3) is 0.579. The Bertz CT molecular complexity index is 616. The summed E-state index contributed by atoms with van der Waals surface area (Å²) in [4.78, 5) is 24.1. The molecule has 1 aliphatic heterocycles. The topological polar surface area (TPSA) is 57.6 Å². The molecule has 0 atom stereocenters. The highest BCUT2D eigenvalue weighted by molar-refractivity contribution is 6.30. The Kier molecular flexibility index (Phi) is 5.92. The zero-order chi connectivity index (χ0) is 17.9. The predicted molar refractivity (Wildman–Crippen MR) is 95.4 cm³/mol. The summed E-state index contributed by atoms with van der Waals surface area (Å²) in [6, 6.07) is 6.10. The lowest BCUT2D eigenvalue weighted by Crippen LogP contribution is -2.50. The van der Waals surface area contributed by atoms with Crippen LogP contribution < -0.4 is 0 Å². The number of nitrogens with zero attached hydrogens (tertiary/aromatic N) is 1. The summed E-state index contributed by atoms with van der Waals surface area (Å²) < 4.78 is 0. The first-order valence-electron chi connectivity index (χ1n) is 8.45. The second kappa shape index (κ2) is 7.56. The molecule has 1 saturated heterocycles. The Morgan fingerprint density at radius 1 is 1.25 bits per heavy atom. The highest BCUT2D eigenvalue weighted by Crippen LogP contribution is 2.31. The van der Waals surface area contributed by atoms with E-state index in [1.54, 1.807) is 4.90 Å². The first-order chi connectivity index (χ1) is 11.2. The fourth-order valence-electron chi connectivity index (χ4n) is 3.15. The molecule has 2 rings (SSSR count). The molecule has 5 heteroatoms. The molecule has 0 saturated carbocycles. The highest BCUT2D eigenvalue weighted by atomic mass is 35.5. The molecular formula is C19H26ClNO3. The number of hydrogen-bond donors (Lipinski definition) is 1. The van der Waals surface area contributed by atoms with Crippen LogP contribution in [0.15, 0.2) is 18.2 Å². The summed E-state index contributed by atoms with van der Waals surface area (Å²) in [5.74, 6) is -0.462. The predicted octanol–water partition coefficient (Wildman–Crippen LogP) is 3.89. The Morgan fingerprint density at radius 2 is 1.92 bits per heavy atom. The van der Waals surface area contributed by atoms with Crippen LogP contribution in [-0.2, 0) is 21.4 Å². The van der Waals surface area contributed by atoms with Crippen LogP contribution in [0.1, 0.15) is 51.2 Å². The minimum absolute atomic E-state index is 0.0458. The van der Waals surface area contributed by atoms with Crippen LogP contribution in [0.2, 0.25) is 5.02 Å². The minimum Gasteiger partial charge on any atom is -0.481 e. The van der Waals surface area contributed by atoms with E-state index in [0.29, 0.717) is 5.92 Å². The lowest BCUT2D eigenvalue weighted by molar-refractivity contribution is -0.143. The molecule has 0 bridgehead atoms. The molecule has 24 heavy (non-hydrogen) atoms. The van der Waals surface area contributed by atoms with E-state index in [4.69, 9.17) is 16.7 Å². The molecule has 1 N–H and O–H groups in total. The smallest absolute Gasteiger partial charge is 0.303 e. The summed E-state index contributed by atoms with van der Waals surface area (Å²) in [6.45, 7) is 8.06. The molecule has 0 unspecified atom stereocenters. The van der Waals surface area contributed by atoms with Crippen molar-refractivity contribution in [3.63, 3.8) is 0 Å². The number of hydrogen-bond acceptors (Lipinski definition) is 2. The molecular weight excluding hydrogens is 326 g/mol. The third-order valence-corrected chi connectivity index (χ3v) is 4.80. The highest BCUT2D eigenvalue weighted by Gasteiger charge is 2.30. The maximum Gasteiger partial charge on any atom is 0.303 e. The first kappa shape index (κ1) is 18.8. The summed E-state index contributed by atoms with van der Waals surface area (Å²) in [7, 11) is 0. The van der Waals surface area contributed by atoms with Gasteiger partial charge >= 0.3 is 5.97 Å². The Balaban J connectivity index is 1.84. The molecule has 4 nitrogen and oxygen atoms in total. The van der Waals surface area contributed by atoms with Gasteiger partial charge in [-0.15, -0.1) is 0 Å². The SMILES string of the molecule is CC(C)(C)c1cc(Cl)ccc1CCC1CN(C(=O)CCC(=O)O)C1. The van der Waals surface area contributed by atoms with E-state index in [-0.39, 0.29) is 24.2 Å². The molecule has 0 radical (unpaired) electrons. The molecule has 1 aromatic carbocycles. The number of carboxylic acid groups (broad SMARTS) is 1. The number of carbonyl (C=O) groups excluding carboxylic acids is 1. The van der Waals surface area contributed by atoms with Gasteiger partial charge in [-0.3, -0.25) is 9.59 Å². The largest absolute Gasteiger partial charge is 0.481 e.